The van der Waals surface area contributed by atoms with Gasteiger partial charge in [-0.05, 0) is 69.8 Å². The molecule has 0 unspecified atom stereocenters. The minimum Gasteiger partial charge on any atom is -0.305 e. The smallest absolute Gasteiger partial charge is 0.258 e. The SMILES string of the molecule is Cc1ccc(N(C(=O)c2cccc(C)c2)C2CCN(CCC(C)C)CC2)cc1. The van der Waals surface area contributed by atoms with E-state index in [1.807, 2.05) is 36.1 Å². The lowest BCUT2D eigenvalue weighted by atomic mass is 9.99. The second-order valence-corrected chi connectivity index (χ2v) is 8.64. The largest absolute Gasteiger partial charge is 0.305 e. The maximum Gasteiger partial charge on any atom is 0.258 e. The van der Waals surface area contributed by atoms with E-state index in [0.717, 1.165) is 48.7 Å². The molecule has 0 N–H and O–H groups in total. The van der Waals surface area contributed by atoms with Gasteiger partial charge in [0.15, 0.2) is 0 Å². The van der Waals surface area contributed by atoms with Crippen molar-refractivity contribution in [1.82, 2.24) is 4.90 Å². The Balaban J connectivity index is 1.79. The lowest BCUT2D eigenvalue weighted by Crippen LogP contribution is -2.48. The van der Waals surface area contributed by atoms with Crippen LogP contribution in [0.2, 0.25) is 0 Å². The molecule has 0 spiro atoms. The van der Waals surface area contributed by atoms with Crippen molar-refractivity contribution < 1.29 is 4.79 Å². The fraction of sp³-hybridized carbons (Fsp3) is 0.480. The van der Waals surface area contributed by atoms with Crippen molar-refractivity contribution in [3.63, 3.8) is 0 Å². The first-order valence-corrected chi connectivity index (χ1v) is 10.6. The van der Waals surface area contributed by atoms with Crippen molar-refractivity contribution in [1.29, 1.82) is 0 Å². The van der Waals surface area contributed by atoms with Gasteiger partial charge in [-0.1, -0.05) is 49.2 Å². The molecule has 0 saturated carbocycles. The van der Waals surface area contributed by atoms with Gasteiger partial charge in [-0.25, -0.2) is 0 Å². The number of hydrogen-bond donors (Lipinski definition) is 0. The van der Waals surface area contributed by atoms with Crippen LogP contribution < -0.4 is 4.90 Å². The van der Waals surface area contributed by atoms with E-state index in [4.69, 9.17) is 0 Å². The van der Waals surface area contributed by atoms with Crippen LogP contribution in [0.1, 0.15) is 54.6 Å². The number of amides is 1. The van der Waals surface area contributed by atoms with Crippen molar-refractivity contribution in [3.8, 4) is 0 Å². The van der Waals surface area contributed by atoms with Crippen LogP contribution in [0.5, 0.6) is 0 Å². The Morgan fingerprint density at radius 2 is 1.71 bits per heavy atom. The molecule has 2 aromatic carbocycles. The molecule has 1 amide bonds. The zero-order chi connectivity index (χ0) is 20.1. The average molecular weight is 379 g/mol. The zero-order valence-corrected chi connectivity index (χ0v) is 17.8. The molecular weight excluding hydrogens is 344 g/mol. The number of hydrogen-bond acceptors (Lipinski definition) is 2. The third-order valence-corrected chi connectivity index (χ3v) is 5.74. The first kappa shape index (κ1) is 20.6. The summed E-state index contributed by atoms with van der Waals surface area (Å²) >= 11 is 0. The monoisotopic (exact) mass is 378 g/mol. The van der Waals surface area contributed by atoms with E-state index < -0.39 is 0 Å². The molecule has 1 fully saturated rings. The summed E-state index contributed by atoms with van der Waals surface area (Å²) in [7, 11) is 0. The number of benzene rings is 2. The number of rotatable bonds is 6. The van der Waals surface area contributed by atoms with Gasteiger partial charge in [0.05, 0.1) is 0 Å². The van der Waals surface area contributed by atoms with Crippen molar-refractivity contribution in [2.45, 2.75) is 53.0 Å². The Bertz CT molecular complexity index is 773. The third-order valence-electron chi connectivity index (χ3n) is 5.74. The number of aryl methyl sites for hydroxylation is 2. The first-order valence-electron chi connectivity index (χ1n) is 10.6. The second-order valence-electron chi connectivity index (χ2n) is 8.64. The summed E-state index contributed by atoms with van der Waals surface area (Å²) in [6.07, 6.45) is 3.31. The molecule has 0 aliphatic carbocycles. The highest BCUT2D eigenvalue weighted by atomic mass is 16.2. The number of anilines is 1. The first-order chi connectivity index (χ1) is 13.4. The number of nitrogens with zero attached hydrogens (tertiary/aromatic N) is 2. The Morgan fingerprint density at radius 3 is 2.32 bits per heavy atom. The summed E-state index contributed by atoms with van der Waals surface area (Å²) in [6.45, 7) is 12.0. The molecule has 1 aliphatic rings. The lowest BCUT2D eigenvalue weighted by Gasteiger charge is -2.39. The molecule has 0 bridgehead atoms. The maximum absolute atomic E-state index is 13.5. The van der Waals surface area contributed by atoms with Gasteiger partial charge in [-0.15, -0.1) is 0 Å². The van der Waals surface area contributed by atoms with E-state index in [2.05, 4.69) is 49.9 Å². The Kier molecular flexibility index (Phi) is 6.90. The Hall–Kier alpha value is -2.13. The van der Waals surface area contributed by atoms with Gasteiger partial charge in [-0.2, -0.15) is 0 Å². The van der Waals surface area contributed by atoms with Gasteiger partial charge in [0.25, 0.3) is 5.91 Å². The number of likely N-dealkylation sites (tertiary alicyclic amines) is 1. The molecule has 150 valence electrons. The standard InChI is InChI=1S/C25H34N2O/c1-19(2)12-15-26-16-13-24(14-17-26)27(23-10-8-20(3)9-11-23)25(28)22-7-5-6-21(4)18-22/h5-11,18-19,24H,12-17H2,1-4H3. The number of carbonyl (C=O) groups is 1. The minimum absolute atomic E-state index is 0.119. The molecule has 3 nitrogen and oxygen atoms in total. The third kappa shape index (κ3) is 5.23. The van der Waals surface area contributed by atoms with Gasteiger partial charge >= 0.3 is 0 Å². The minimum atomic E-state index is 0.119. The molecule has 1 aliphatic heterocycles. The molecule has 0 radical (unpaired) electrons. The predicted octanol–water partition coefficient (Wildman–Crippen LogP) is 5.46. The number of carbonyl (C=O) groups excluding carboxylic acids is 1. The van der Waals surface area contributed by atoms with E-state index >= 15 is 0 Å². The van der Waals surface area contributed by atoms with Crippen LogP contribution >= 0.6 is 0 Å². The molecule has 0 atom stereocenters. The molecule has 3 rings (SSSR count). The molecule has 1 saturated heterocycles. The average Bonchev–Trinajstić information content (AvgIpc) is 2.69. The van der Waals surface area contributed by atoms with Gasteiger partial charge in [0.2, 0.25) is 0 Å². The van der Waals surface area contributed by atoms with Crippen LogP contribution in [0.3, 0.4) is 0 Å². The van der Waals surface area contributed by atoms with Gasteiger partial charge in [0, 0.05) is 30.4 Å². The van der Waals surface area contributed by atoms with Gasteiger partial charge in [-0.3, -0.25) is 4.79 Å². The van der Waals surface area contributed by atoms with Crippen LogP contribution in [0, 0.1) is 19.8 Å². The van der Waals surface area contributed by atoms with Crippen LogP contribution in [-0.2, 0) is 0 Å². The zero-order valence-electron chi connectivity index (χ0n) is 17.8. The van der Waals surface area contributed by atoms with Crippen molar-refractivity contribution in [2.24, 2.45) is 5.92 Å². The van der Waals surface area contributed by atoms with Crippen molar-refractivity contribution in [2.75, 3.05) is 24.5 Å². The van der Waals surface area contributed by atoms with Crippen LogP contribution in [0.15, 0.2) is 48.5 Å². The molecule has 1 heterocycles. The normalized spacial score (nSPS) is 15.8. The fourth-order valence-electron chi connectivity index (χ4n) is 3.96. The summed E-state index contributed by atoms with van der Waals surface area (Å²) in [6, 6.07) is 16.6. The van der Waals surface area contributed by atoms with Crippen LogP contribution in [0.4, 0.5) is 5.69 Å². The summed E-state index contributed by atoms with van der Waals surface area (Å²) in [5, 5.41) is 0. The second kappa shape index (κ2) is 9.38. The van der Waals surface area contributed by atoms with Crippen molar-refractivity contribution >= 4 is 11.6 Å². The van der Waals surface area contributed by atoms with Gasteiger partial charge in [0.1, 0.15) is 0 Å². The van der Waals surface area contributed by atoms with E-state index in [-0.39, 0.29) is 11.9 Å². The summed E-state index contributed by atoms with van der Waals surface area (Å²) in [5.74, 6) is 0.859. The van der Waals surface area contributed by atoms with Crippen LogP contribution in [0.25, 0.3) is 0 Å². The fourth-order valence-corrected chi connectivity index (χ4v) is 3.96. The molecule has 28 heavy (non-hydrogen) atoms. The van der Waals surface area contributed by atoms with Crippen LogP contribution in [-0.4, -0.2) is 36.5 Å². The molecule has 2 aromatic rings. The van der Waals surface area contributed by atoms with E-state index in [1.54, 1.807) is 0 Å². The predicted molar refractivity (Wildman–Crippen MR) is 118 cm³/mol. The maximum atomic E-state index is 13.5. The topological polar surface area (TPSA) is 23.6 Å². The summed E-state index contributed by atoms with van der Waals surface area (Å²) in [4.78, 5) is 18.1. The highest BCUT2D eigenvalue weighted by Crippen LogP contribution is 2.27. The molecule has 3 heteroatoms. The summed E-state index contributed by atoms with van der Waals surface area (Å²) < 4.78 is 0. The molecule has 0 aromatic heterocycles. The van der Waals surface area contributed by atoms with Crippen molar-refractivity contribution in [3.05, 3.63) is 65.2 Å². The van der Waals surface area contributed by atoms with Gasteiger partial charge < -0.3 is 9.80 Å². The molecular formula is C25H34N2O. The van der Waals surface area contributed by atoms with E-state index in [9.17, 15) is 4.79 Å². The Morgan fingerprint density at radius 1 is 1.04 bits per heavy atom. The highest BCUT2D eigenvalue weighted by molar-refractivity contribution is 6.06. The number of piperidine rings is 1. The Labute approximate surface area is 170 Å². The van der Waals surface area contributed by atoms with E-state index in [0.29, 0.717) is 0 Å². The quantitative estimate of drug-likeness (QED) is 0.666. The van der Waals surface area contributed by atoms with E-state index in [1.165, 1.54) is 18.5 Å². The summed E-state index contributed by atoms with van der Waals surface area (Å²) in [5.41, 5.74) is 4.13. The lowest BCUT2D eigenvalue weighted by molar-refractivity contribution is 0.0959. The highest BCUT2D eigenvalue weighted by Gasteiger charge is 2.29.